The van der Waals surface area contributed by atoms with Gasteiger partial charge in [0, 0.05) is 25.2 Å². The number of benzene rings is 1. The topological polar surface area (TPSA) is 105 Å². The average molecular weight is 421 g/mol. The predicted octanol–water partition coefficient (Wildman–Crippen LogP) is 1.55. The number of rotatable bonds is 7. The Morgan fingerprint density at radius 2 is 1.90 bits per heavy atom. The Kier molecular flexibility index (Phi) is 7.24. The van der Waals surface area contributed by atoms with Gasteiger partial charge in [0.15, 0.2) is 0 Å². The summed E-state index contributed by atoms with van der Waals surface area (Å²) in [6.45, 7) is 4.70. The van der Waals surface area contributed by atoms with Crippen molar-refractivity contribution in [3.63, 3.8) is 0 Å². The molecule has 1 atom stereocenters. The van der Waals surface area contributed by atoms with E-state index in [9.17, 15) is 19.2 Å². The first kappa shape index (κ1) is 21.3. The molecule has 2 heterocycles. The van der Waals surface area contributed by atoms with E-state index in [4.69, 9.17) is 9.47 Å². The number of thioether (sulfide) groups is 1. The summed E-state index contributed by atoms with van der Waals surface area (Å²) in [4.78, 5) is 51.9. The van der Waals surface area contributed by atoms with Crippen LogP contribution in [0.2, 0.25) is 0 Å². The monoisotopic (exact) mass is 421 g/mol. The first-order valence-corrected chi connectivity index (χ1v) is 10.2. The van der Waals surface area contributed by atoms with Crippen molar-refractivity contribution >= 4 is 40.5 Å². The molecule has 0 aliphatic carbocycles. The van der Waals surface area contributed by atoms with E-state index < -0.39 is 11.2 Å². The molecule has 3 rings (SSSR count). The van der Waals surface area contributed by atoms with E-state index >= 15 is 0 Å². The minimum absolute atomic E-state index is 0.103. The lowest BCUT2D eigenvalue weighted by atomic mass is 10.2. The molecule has 0 spiro atoms. The van der Waals surface area contributed by atoms with Gasteiger partial charge in [0.25, 0.3) is 5.24 Å². The smallest absolute Gasteiger partial charge is 0.338 e. The second kappa shape index (κ2) is 9.86. The lowest BCUT2D eigenvalue weighted by Gasteiger charge is -2.29. The van der Waals surface area contributed by atoms with Crippen LogP contribution in [0.4, 0.5) is 10.5 Å². The SMILES string of the molecule is CCOC(=O)c1ccc(NC(=O)C[C@@H]2SC(=O)N(CN3CCOCC3)C2=O)cc1. The molecule has 2 aliphatic heterocycles. The van der Waals surface area contributed by atoms with Crippen molar-refractivity contribution in [2.24, 2.45) is 0 Å². The van der Waals surface area contributed by atoms with Gasteiger partial charge in [0.05, 0.1) is 32.1 Å². The van der Waals surface area contributed by atoms with Gasteiger partial charge in [-0.05, 0) is 31.2 Å². The Bertz CT molecular complexity index is 779. The number of carbonyl (C=O) groups excluding carboxylic acids is 4. The van der Waals surface area contributed by atoms with E-state index in [0.29, 0.717) is 37.6 Å². The minimum Gasteiger partial charge on any atom is -0.462 e. The van der Waals surface area contributed by atoms with Crippen LogP contribution in [-0.2, 0) is 19.1 Å². The Labute approximate surface area is 172 Å². The average Bonchev–Trinajstić information content (AvgIpc) is 2.97. The molecule has 0 saturated carbocycles. The van der Waals surface area contributed by atoms with Crippen LogP contribution in [0.3, 0.4) is 0 Å². The molecule has 1 aromatic carbocycles. The van der Waals surface area contributed by atoms with Crippen LogP contribution >= 0.6 is 11.8 Å². The first-order chi connectivity index (χ1) is 14.0. The highest BCUT2D eigenvalue weighted by Gasteiger charge is 2.41. The maximum Gasteiger partial charge on any atom is 0.338 e. The number of nitrogens with one attached hydrogen (secondary N) is 1. The molecule has 9 nitrogen and oxygen atoms in total. The van der Waals surface area contributed by atoms with Crippen molar-refractivity contribution in [2.45, 2.75) is 18.6 Å². The summed E-state index contributed by atoms with van der Waals surface area (Å²) in [6.07, 6.45) is -0.103. The Hall–Kier alpha value is -2.43. The van der Waals surface area contributed by atoms with Crippen molar-refractivity contribution < 1.29 is 28.7 Å². The van der Waals surface area contributed by atoms with Gasteiger partial charge in [-0.2, -0.15) is 0 Å². The van der Waals surface area contributed by atoms with E-state index in [1.54, 1.807) is 31.2 Å². The number of amides is 3. The normalized spacial score (nSPS) is 20.0. The van der Waals surface area contributed by atoms with Gasteiger partial charge in [-0.15, -0.1) is 0 Å². The summed E-state index contributed by atoms with van der Waals surface area (Å²) in [5.74, 6) is -1.16. The number of morpholine rings is 1. The van der Waals surface area contributed by atoms with Crippen LogP contribution in [0, 0.1) is 0 Å². The van der Waals surface area contributed by atoms with Crippen LogP contribution in [0.1, 0.15) is 23.7 Å². The lowest BCUT2D eigenvalue weighted by molar-refractivity contribution is -0.130. The fraction of sp³-hybridized carbons (Fsp3) is 0.474. The highest BCUT2D eigenvalue weighted by Crippen LogP contribution is 2.29. The van der Waals surface area contributed by atoms with Crippen molar-refractivity contribution in [3.05, 3.63) is 29.8 Å². The second-order valence-corrected chi connectivity index (χ2v) is 7.71. The number of hydrogen-bond acceptors (Lipinski definition) is 8. The molecule has 1 aromatic rings. The van der Waals surface area contributed by atoms with Gasteiger partial charge in [-0.25, -0.2) is 4.79 Å². The third-order valence-electron chi connectivity index (χ3n) is 4.50. The Morgan fingerprint density at radius 1 is 1.21 bits per heavy atom. The van der Waals surface area contributed by atoms with Gasteiger partial charge in [0.1, 0.15) is 5.25 Å². The van der Waals surface area contributed by atoms with E-state index in [1.807, 2.05) is 4.90 Å². The van der Waals surface area contributed by atoms with Gasteiger partial charge in [-0.3, -0.25) is 24.2 Å². The molecular formula is C19H23N3O6S. The molecule has 2 saturated heterocycles. The number of esters is 1. The molecule has 0 bridgehead atoms. The number of carbonyl (C=O) groups is 4. The highest BCUT2D eigenvalue weighted by atomic mass is 32.2. The summed E-state index contributed by atoms with van der Waals surface area (Å²) in [7, 11) is 0. The van der Waals surface area contributed by atoms with Crippen molar-refractivity contribution in [1.29, 1.82) is 0 Å². The maximum atomic E-state index is 12.6. The molecular weight excluding hydrogens is 398 g/mol. The molecule has 156 valence electrons. The Balaban J connectivity index is 1.51. The van der Waals surface area contributed by atoms with Gasteiger partial charge >= 0.3 is 5.97 Å². The van der Waals surface area contributed by atoms with Gasteiger partial charge < -0.3 is 14.8 Å². The Morgan fingerprint density at radius 3 is 2.55 bits per heavy atom. The quantitative estimate of drug-likeness (QED) is 0.661. The van der Waals surface area contributed by atoms with Crippen LogP contribution in [-0.4, -0.2) is 77.7 Å². The first-order valence-electron chi connectivity index (χ1n) is 9.37. The van der Waals surface area contributed by atoms with E-state index in [1.165, 1.54) is 4.90 Å². The fourth-order valence-electron chi connectivity index (χ4n) is 2.98. The van der Waals surface area contributed by atoms with Crippen molar-refractivity contribution in [2.75, 3.05) is 44.9 Å². The zero-order chi connectivity index (χ0) is 20.8. The number of imide groups is 1. The van der Waals surface area contributed by atoms with Gasteiger partial charge in [0.2, 0.25) is 11.8 Å². The number of ether oxygens (including phenoxy) is 2. The molecule has 2 fully saturated rings. The molecule has 0 radical (unpaired) electrons. The number of nitrogens with zero attached hydrogens (tertiary/aromatic N) is 2. The van der Waals surface area contributed by atoms with Crippen LogP contribution in [0.5, 0.6) is 0 Å². The zero-order valence-corrected chi connectivity index (χ0v) is 16.9. The molecule has 0 aromatic heterocycles. The van der Waals surface area contributed by atoms with Crippen LogP contribution < -0.4 is 5.32 Å². The lowest BCUT2D eigenvalue weighted by Crippen LogP contribution is -2.46. The third-order valence-corrected chi connectivity index (χ3v) is 5.58. The summed E-state index contributed by atoms with van der Waals surface area (Å²) in [5, 5.41) is 1.62. The van der Waals surface area contributed by atoms with E-state index in [2.05, 4.69) is 5.32 Å². The summed E-state index contributed by atoms with van der Waals surface area (Å²) >= 11 is 0.879. The fourth-order valence-corrected chi connectivity index (χ4v) is 3.96. The highest BCUT2D eigenvalue weighted by molar-refractivity contribution is 8.15. The standard InChI is InChI=1S/C19H23N3O6S/c1-2-28-18(25)13-3-5-14(6-4-13)20-16(23)11-15-17(24)22(19(26)29-15)12-21-7-9-27-10-8-21/h3-6,15H,2,7-12H2,1H3,(H,20,23)/t15-/m0/s1. The van der Waals surface area contributed by atoms with Crippen molar-refractivity contribution in [3.8, 4) is 0 Å². The molecule has 0 unspecified atom stereocenters. The molecule has 10 heteroatoms. The van der Waals surface area contributed by atoms with Crippen LogP contribution in [0.25, 0.3) is 0 Å². The molecule has 1 N–H and O–H groups in total. The van der Waals surface area contributed by atoms with Gasteiger partial charge in [-0.1, -0.05) is 11.8 Å². The summed E-state index contributed by atoms with van der Waals surface area (Å²) in [5.41, 5.74) is 0.880. The van der Waals surface area contributed by atoms with E-state index in [-0.39, 0.29) is 36.7 Å². The number of hydrogen-bond donors (Lipinski definition) is 1. The second-order valence-electron chi connectivity index (χ2n) is 6.56. The van der Waals surface area contributed by atoms with Crippen LogP contribution in [0.15, 0.2) is 24.3 Å². The summed E-state index contributed by atoms with van der Waals surface area (Å²) < 4.78 is 10.2. The molecule has 29 heavy (non-hydrogen) atoms. The summed E-state index contributed by atoms with van der Waals surface area (Å²) in [6, 6.07) is 6.28. The predicted molar refractivity (Wildman–Crippen MR) is 107 cm³/mol. The maximum absolute atomic E-state index is 12.6. The van der Waals surface area contributed by atoms with E-state index in [0.717, 1.165) is 11.8 Å². The van der Waals surface area contributed by atoms with Crippen molar-refractivity contribution in [1.82, 2.24) is 9.80 Å². The molecule has 3 amide bonds. The molecule has 2 aliphatic rings. The largest absolute Gasteiger partial charge is 0.462 e. The minimum atomic E-state index is -0.734. The number of anilines is 1. The zero-order valence-electron chi connectivity index (χ0n) is 16.1. The third kappa shape index (κ3) is 5.55.